The topological polar surface area (TPSA) is 53.3 Å². The van der Waals surface area contributed by atoms with Crippen LogP contribution < -0.4 is 4.74 Å². The zero-order valence-electron chi connectivity index (χ0n) is 14.5. The Kier molecular flexibility index (Phi) is 5.58. The van der Waals surface area contributed by atoms with E-state index in [2.05, 4.69) is 5.10 Å². The molecule has 2 heterocycles. The molecule has 1 unspecified atom stereocenters. The number of piperidine rings is 1. The summed E-state index contributed by atoms with van der Waals surface area (Å²) in [7, 11) is 1.86. The molecule has 1 saturated heterocycles. The third-order valence-corrected chi connectivity index (χ3v) is 6.53. The molecule has 1 aliphatic rings. The fourth-order valence-electron chi connectivity index (χ4n) is 2.99. The van der Waals surface area contributed by atoms with E-state index in [-0.39, 0.29) is 11.1 Å². The van der Waals surface area contributed by atoms with Crippen molar-refractivity contribution in [3.8, 4) is 5.75 Å². The Morgan fingerprint density at radius 1 is 1.32 bits per heavy atom. The fraction of sp³-hybridized carbons (Fsp3) is 0.471. The van der Waals surface area contributed by atoms with Crippen LogP contribution in [-0.2, 0) is 18.4 Å². The Hall–Kier alpha value is -1.28. The summed E-state index contributed by atoms with van der Waals surface area (Å²) in [5.74, 6) is -0.0133. The number of aryl methyl sites for hydroxylation is 2. The Morgan fingerprint density at radius 3 is 2.56 bits per heavy atom. The van der Waals surface area contributed by atoms with Gasteiger partial charge in [-0.15, -0.1) is 4.31 Å². The number of hydrogen-bond donors (Lipinski definition) is 0. The van der Waals surface area contributed by atoms with Crippen LogP contribution in [0.4, 0.5) is 4.39 Å². The van der Waals surface area contributed by atoms with Gasteiger partial charge in [-0.05, 0) is 26.0 Å². The van der Waals surface area contributed by atoms with Gasteiger partial charge in [0.15, 0.2) is 0 Å². The number of benzene rings is 1. The summed E-state index contributed by atoms with van der Waals surface area (Å²) in [6, 6.07) is 4.46. The lowest BCUT2D eigenvalue weighted by atomic mass is 10.1. The summed E-state index contributed by atoms with van der Waals surface area (Å²) in [6.45, 7) is 5.12. The van der Waals surface area contributed by atoms with Crippen molar-refractivity contribution in [1.29, 1.82) is 0 Å². The van der Waals surface area contributed by atoms with Gasteiger partial charge in [0.1, 0.15) is 23.4 Å². The quantitative estimate of drug-likeness (QED) is 0.757. The number of aromatic nitrogens is 2. The molecule has 1 fully saturated rings. The molecule has 0 N–H and O–H groups in total. The molecular formula is C17H21ClFN3O2S. The molecule has 0 spiro atoms. The van der Waals surface area contributed by atoms with Gasteiger partial charge in [-0.2, -0.15) is 5.10 Å². The van der Waals surface area contributed by atoms with E-state index < -0.39 is 17.2 Å². The fourth-order valence-corrected chi connectivity index (χ4v) is 4.59. The monoisotopic (exact) mass is 385 g/mol. The van der Waals surface area contributed by atoms with Crippen LogP contribution in [0, 0.1) is 19.7 Å². The molecule has 8 heteroatoms. The van der Waals surface area contributed by atoms with Crippen molar-refractivity contribution in [3.05, 3.63) is 40.4 Å². The van der Waals surface area contributed by atoms with E-state index in [4.69, 9.17) is 16.3 Å². The van der Waals surface area contributed by atoms with Crippen LogP contribution in [0.5, 0.6) is 5.75 Å². The lowest BCUT2D eigenvalue weighted by molar-refractivity contribution is 0.134. The van der Waals surface area contributed by atoms with Gasteiger partial charge in [0.2, 0.25) is 4.90 Å². The van der Waals surface area contributed by atoms with Gasteiger partial charge in [0, 0.05) is 39.0 Å². The van der Waals surface area contributed by atoms with Crippen molar-refractivity contribution in [1.82, 2.24) is 14.1 Å². The first-order chi connectivity index (χ1) is 11.9. The zero-order valence-corrected chi connectivity index (χ0v) is 16.0. The number of rotatable bonds is 4. The molecule has 0 bridgehead atoms. The molecule has 5 nitrogen and oxygen atoms in total. The first-order valence-corrected chi connectivity index (χ1v) is 9.64. The van der Waals surface area contributed by atoms with Gasteiger partial charge >= 0.3 is 0 Å². The lowest BCUT2D eigenvalue weighted by Gasteiger charge is -2.31. The van der Waals surface area contributed by atoms with Gasteiger partial charge in [-0.25, -0.2) is 4.39 Å². The average Bonchev–Trinajstić information content (AvgIpc) is 2.83. The smallest absolute Gasteiger partial charge is 0.217 e. The summed E-state index contributed by atoms with van der Waals surface area (Å²) >= 11 is 4.46. The van der Waals surface area contributed by atoms with Crippen LogP contribution in [0.3, 0.4) is 0 Å². The average molecular weight is 386 g/mol. The molecular weight excluding hydrogens is 365 g/mol. The molecule has 0 amide bonds. The van der Waals surface area contributed by atoms with Crippen LogP contribution in [-0.4, -0.2) is 37.8 Å². The predicted octanol–water partition coefficient (Wildman–Crippen LogP) is 3.40. The van der Waals surface area contributed by atoms with Crippen molar-refractivity contribution >= 4 is 23.0 Å². The molecule has 1 aromatic carbocycles. The molecule has 0 saturated carbocycles. The molecule has 1 aliphatic heterocycles. The maximum absolute atomic E-state index is 13.5. The maximum Gasteiger partial charge on any atom is 0.217 e. The van der Waals surface area contributed by atoms with E-state index in [0.29, 0.717) is 18.8 Å². The zero-order chi connectivity index (χ0) is 18.1. The van der Waals surface area contributed by atoms with Gasteiger partial charge in [0.05, 0.1) is 22.1 Å². The number of hydrogen-bond acceptors (Lipinski definition) is 4. The third kappa shape index (κ3) is 3.95. The van der Waals surface area contributed by atoms with Gasteiger partial charge in [-0.1, -0.05) is 11.6 Å². The summed E-state index contributed by atoms with van der Waals surface area (Å²) < 4.78 is 35.9. The van der Waals surface area contributed by atoms with Gasteiger partial charge in [-0.3, -0.25) is 4.68 Å². The van der Waals surface area contributed by atoms with Gasteiger partial charge in [0.25, 0.3) is 0 Å². The highest BCUT2D eigenvalue weighted by Gasteiger charge is 2.33. The van der Waals surface area contributed by atoms with Gasteiger partial charge < -0.3 is 9.29 Å². The van der Waals surface area contributed by atoms with Crippen LogP contribution in [0.1, 0.15) is 24.2 Å². The summed E-state index contributed by atoms with van der Waals surface area (Å²) in [4.78, 5) is 0.793. The normalized spacial score (nSPS) is 17.7. The molecule has 25 heavy (non-hydrogen) atoms. The van der Waals surface area contributed by atoms with Crippen molar-refractivity contribution < 1.29 is 13.7 Å². The minimum Gasteiger partial charge on any atom is -0.593 e. The molecule has 2 aromatic rings. The minimum absolute atomic E-state index is 0.0232. The maximum atomic E-state index is 13.5. The molecule has 3 rings (SSSR count). The Bertz CT molecular complexity index is 763. The predicted molar refractivity (Wildman–Crippen MR) is 95.7 cm³/mol. The number of halogens is 2. The SMILES string of the molecule is Cc1nn(C)c(C)c1[S+]([O-])N1CCC(Oc2ccc(Cl)c(F)c2)CC1. The van der Waals surface area contributed by atoms with E-state index >= 15 is 0 Å². The van der Waals surface area contributed by atoms with Crippen LogP contribution in [0.25, 0.3) is 0 Å². The second kappa shape index (κ2) is 7.53. The Labute approximate surface area is 155 Å². The lowest BCUT2D eigenvalue weighted by Crippen LogP contribution is -2.42. The van der Waals surface area contributed by atoms with Crippen molar-refractivity contribution in [2.75, 3.05) is 13.1 Å². The second-order valence-electron chi connectivity index (χ2n) is 6.19. The van der Waals surface area contributed by atoms with Crippen molar-refractivity contribution in [3.63, 3.8) is 0 Å². The second-order valence-corrected chi connectivity index (χ2v) is 8.03. The van der Waals surface area contributed by atoms with E-state index in [9.17, 15) is 8.94 Å². The minimum atomic E-state index is -1.22. The highest BCUT2D eigenvalue weighted by atomic mass is 35.5. The molecule has 0 radical (unpaired) electrons. The standard InChI is InChI=1S/C17H21ClFN3O2S/c1-11-17(12(2)21(3)20-11)25(23)22-8-6-13(7-9-22)24-14-4-5-15(18)16(19)10-14/h4-5,10,13H,6-9H2,1-3H3. The molecule has 1 atom stereocenters. The van der Waals surface area contributed by atoms with Crippen molar-refractivity contribution in [2.45, 2.75) is 37.7 Å². The Morgan fingerprint density at radius 2 is 2.00 bits per heavy atom. The summed E-state index contributed by atoms with van der Waals surface area (Å²) in [6.07, 6.45) is 1.44. The molecule has 136 valence electrons. The highest BCUT2D eigenvalue weighted by Crippen LogP contribution is 2.28. The first kappa shape index (κ1) is 18.5. The van der Waals surface area contributed by atoms with Crippen LogP contribution in [0.15, 0.2) is 23.1 Å². The first-order valence-electron chi connectivity index (χ1n) is 8.15. The van der Waals surface area contributed by atoms with Crippen LogP contribution in [0.2, 0.25) is 5.02 Å². The summed E-state index contributed by atoms with van der Waals surface area (Å²) in [5, 5.41) is 4.42. The van der Waals surface area contributed by atoms with Crippen molar-refractivity contribution in [2.24, 2.45) is 7.05 Å². The Balaban J connectivity index is 1.60. The van der Waals surface area contributed by atoms with Crippen LogP contribution >= 0.6 is 11.6 Å². The number of nitrogens with zero attached hydrogens (tertiary/aromatic N) is 3. The van der Waals surface area contributed by atoms with E-state index in [1.54, 1.807) is 10.7 Å². The largest absolute Gasteiger partial charge is 0.593 e. The highest BCUT2D eigenvalue weighted by molar-refractivity contribution is 7.89. The van der Waals surface area contributed by atoms with E-state index in [0.717, 1.165) is 29.1 Å². The molecule has 0 aliphatic carbocycles. The van der Waals surface area contributed by atoms with E-state index in [1.807, 2.05) is 25.2 Å². The van der Waals surface area contributed by atoms with E-state index in [1.165, 1.54) is 12.1 Å². The number of ether oxygens (including phenoxy) is 1. The summed E-state index contributed by atoms with van der Waals surface area (Å²) in [5.41, 5.74) is 1.72. The third-order valence-electron chi connectivity index (χ3n) is 4.45. The molecule has 1 aromatic heterocycles.